The number of hydrogen-bond acceptors (Lipinski definition) is 5. The molecular weight excluding hydrogens is 402 g/mol. The number of benzene rings is 1. The summed E-state index contributed by atoms with van der Waals surface area (Å²) in [5, 5.41) is 23.8. The molecule has 32 heavy (non-hydrogen) atoms. The van der Waals surface area contributed by atoms with Crippen LogP contribution in [-0.4, -0.2) is 41.6 Å². The van der Waals surface area contributed by atoms with E-state index in [9.17, 15) is 9.90 Å². The van der Waals surface area contributed by atoms with Crippen molar-refractivity contribution in [2.75, 3.05) is 13.7 Å². The first-order chi connectivity index (χ1) is 15.4. The highest BCUT2D eigenvalue weighted by atomic mass is 16.5. The van der Waals surface area contributed by atoms with Gasteiger partial charge in [-0.2, -0.15) is 0 Å². The second-order valence-electron chi connectivity index (χ2n) is 10.4. The molecular formula is C27H33NO4. The molecule has 5 heteroatoms. The Morgan fingerprint density at radius 2 is 1.97 bits per heavy atom. The van der Waals surface area contributed by atoms with Crippen LogP contribution in [0.25, 0.3) is 0 Å². The summed E-state index contributed by atoms with van der Waals surface area (Å²) in [5.74, 6) is 1.32. The van der Waals surface area contributed by atoms with Crippen molar-refractivity contribution >= 4 is 12.0 Å². The van der Waals surface area contributed by atoms with E-state index in [-0.39, 0.29) is 17.1 Å². The molecule has 0 unspecified atom stereocenters. The number of oxime groups is 1. The predicted octanol–water partition coefficient (Wildman–Crippen LogP) is 4.77. The molecule has 1 aromatic carbocycles. The van der Waals surface area contributed by atoms with Gasteiger partial charge in [-0.3, -0.25) is 4.79 Å². The average Bonchev–Trinajstić information content (AvgIpc) is 3.04. The van der Waals surface area contributed by atoms with Crippen molar-refractivity contribution in [3.63, 3.8) is 0 Å². The second kappa shape index (κ2) is 7.96. The zero-order valence-electron chi connectivity index (χ0n) is 19.0. The lowest BCUT2D eigenvalue weighted by molar-refractivity contribution is -0.128. The minimum atomic E-state index is -0.816. The fourth-order valence-corrected chi connectivity index (χ4v) is 7.41. The van der Waals surface area contributed by atoms with Gasteiger partial charge < -0.3 is 15.1 Å². The Bertz CT molecular complexity index is 1010. The van der Waals surface area contributed by atoms with Gasteiger partial charge in [-0.15, -0.1) is 0 Å². The topological polar surface area (TPSA) is 79.1 Å². The van der Waals surface area contributed by atoms with E-state index in [2.05, 4.69) is 24.2 Å². The predicted molar refractivity (Wildman–Crippen MR) is 123 cm³/mol. The highest BCUT2D eigenvalue weighted by Crippen LogP contribution is 2.66. The molecule has 0 radical (unpaired) electrons. The molecule has 4 aliphatic rings. The van der Waals surface area contributed by atoms with E-state index in [4.69, 9.17) is 9.94 Å². The number of fused-ring (bicyclic) bond motifs is 4. The van der Waals surface area contributed by atoms with Gasteiger partial charge in [0.15, 0.2) is 5.78 Å². The molecule has 5 rings (SSSR count). The molecule has 0 spiro atoms. The van der Waals surface area contributed by atoms with Crippen LogP contribution in [0.2, 0.25) is 0 Å². The SMILES string of the molecule is COC[C@]1(O)CC[C@H]2[C@@H]3CCC4=CC(=O)CCC4=C3[C@@H](c3ccc(/C=N\O)cc3)C[C@@]21C. The summed E-state index contributed by atoms with van der Waals surface area (Å²) in [5.41, 5.74) is 5.23. The maximum atomic E-state index is 12.1. The van der Waals surface area contributed by atoms with Gasteiger partial charge >= 0.3 is 0 Å². The van der Waals surface area contributed by atoms with Crippen LogP contribution in [0.3, 0.4) is 0 Å². The van der Waals surface area contributed by atoms with Gasteiger partial charge in [0.25, 0.3) is 0 Å². The molecule has 4 aliphatic carbocycles. The van der Waals surface area contributed by atoms with E-state index in [0.717, 1.165) is 44.1 Å². The van der Waals surface area contributed by atoms with Crippen molar-refractivity contribution in [1.29, 1.82) is 0 Å². The van der Waals surface area contributed by atoms with Crippen LogP contribution in [0.15, 0.2) is 52.2 Å². The summed E-state index contributed by atoms with van der Waals surface area (Å²) < 4.78 is 5.51. The average molecular weight is 436 g/mol. The molecule has 2 N–H and O–H groups in total. The fraction of sp³-hybridized carbons (Fsp3) is 0.556. The molecule has 2 fully saturated rings. The Labute approximate surface area is 189 Å². The smallest absolute Gasteiger partial charge is 0.156 e. The van der Waals surface area contributed by atoms with Crippen LogP contribution in [0.4, 0.5) is 0 Å². The van der Waals surface area contributed by atoms with Gasteiger partial charge in [0, 0.05) is 24.9 Å². The molecule has 0 saturated heterocycles. The maximum Gasteiger partial charge on any atom is 0.156 e. The van der Waals surface area contributed by atoms with E-state index >= 15 is 0 Å². The number of methoxy groups -OCH3 is 1. The number of carbonyl (C=O) groups is 1. The van der Waals surface area contributed by atoms with Gasteiger partial charge in [0.2, 0.25) is 0 Å². The zero-order valence-corrected chi connectivity index (χ0v) is 19.0. The van der Waals surface area contributed by atoms with Crippen molar-refractivity contribution < 1.29 is 19.8 Å². The number of rotatable bonds is 4. The number of allylic oxidation sites excluding steroid dienone is 4. The monoisotopic (exact) mass is 435 g/mol. The second-order valence-corrected chi connectivity index (χ2v) is 10.4. The Morgan fingerprint density at radius 1 is 1.19 bits per heavy atom. The summed E-state index contributed by atoms with van der Waals surface area (Å²) in [6.45, 7) is 2.65. The molecule has 5 nitrogen and oxygen atoms in total. The van der Waals surface area contributed by atoms with E-state index in [1.807, 2.05) is 18.2 Å². The number of aliphatic hydroxyl groups is 1. The lowest BCUT2D eigenvalue weighted by Crippen LogP contribution is -2.53. The lowest BCUT2D eigenvalue weighted by atomic mass is 9.51. The first kappa shape index (κ1) is 21.6. The molecule has 2 saturated carbocycles. The largest absolute Gasteiger partial charge is 0.411 e. The van der Waals surface area contributed by atoms with E-state index in [1.165, 1.54) is 28.5 Å². The Hall–Kier alpha value is -2.24. The number of nitrogens with zero attached hydrogens (tertiary/aromatic N) is 1. The van der Waals surface area contributed by atoms with E-state index in [1.54, 1.807) is 7.11 Å². The molecule has 0 amide bonds. The quantitative estimate of drug-likeness (QED) is 0.406. The lowest BCUT2D eigenvalue weighted by Gasteiger charge is -2.54. The standard InChI is InChI=1S/C27H33NO4/c1-26-14-23(18-5-3-17(4-6-18)15-28-31)25-21-10-8-20(29)13-19(21)7-9-22(25)24(26)11-12-27(26,30)16-32-2/h3-6,13,15,22-24,30-31H,7-12,14,16H2,1-2H3/b28-15-/t22-,23+,24-,26-,27+/m0/s1. The molecule has 0 heterocycles. The fourth-order valence-electron chi connectivity index (χ4n) is 7.41. The van der Waals surface area contributed by atoms with Crippen molar-refractivity contribution in [2.24, 2.45) is 22.4 Å². The normalized spacial score (nSPS) is 36.7. The van der Waals surface area contributed by atoms with Gasteiger partial charge in [-0.25, -0.2) is 0 Å². The molecule has 0 aromatic heterocycles. The molecule has 1 aromatic rings. The molecule has 5 atom stereocenters. The highest BCUT2D eigenvalue weighted by molar-refractivity contribution is 5.93. The summed E-state index contributed by atoms with van der Waals surface area (Å²) in [6, 6.07) is 8.24. The van der Waals surface area contributed by atoms with Gasteiger partial charge in [-0.05, 0) is 78.7 Å². The van der Waals surface area contributed by atoms with Crippen LogP contribution >= 0.6 is 0 Å². The van der Waals surface area contributed by atoms with E-state index in [0.29, 0.717) is 24.9 Å². The van der Waals surface area contributed by atoms with Crippen molar-refractivity contribution in [3.8, 4) is 0 Å². The van der Waals surface area contributed by atoms with Crippen LogP contribution in [-0.2, 0) is 9.53 Å². The minimum Gasteiger partial charge on any atom is -0.411 e. The number of ketones is 1. The zero-order chi connectivity index (χ0) is 22.5. The maximum absolute atomic E-state index is 12.1. The number of ether oxygens (including phenoxy) is 1. The summed E-state index contributed by atoms with van der Waals surface area (Å²) in [7, 11) is 1.68. The van der Waals surface area contributed by atoms with Crippen molar-refractivity contribution in [2.45, 2.75) is 63.4 Å². The van der Waals surface area contributed by atoms with E-state index < -0.39 is 5.60 Å². The summed E-state index contributed by atoms with van der Waals surface area (Å²) >= 11 is 0. The number of hydrogen-bond donors (Lipinski definition) is 2. The third kappa shape index (κ3) is 3.20. The first-order valence-corrected chi connectivity index (χ1v) is 11.9. The Kier molecular flexibility index (Phi) is 5.37. The van der Waals surface area contributed by atoms with Crippen LogP contribution < -0.4 is 0 Å². The van der Waals surface area contributed by atoms with Gasteiger partial charge in [-0.1, -0.05) is 41.9 Å². The molecule has 0 bridgehead atoms. The van der Waals surface area contributed by atoms with Crippen LogP contribution in [0, 0.1) is 17.3 Å². The highest BCUT2D eigenvalue weighted by Gasteiger charge is 2.62. The Balaban J connectivity index is 1.65. The minimum absolute atomic E-state index is 0.203. The molecule has 0 aliphatic heterocycles. The molecule has 170 valence electrons. The van der Waals surface area contributed by atoms with Gasteiger partial charge in [0.1, 0.15) is 0 Å². The number of carbonyl (C=O) groups excluding carboxylic acids is 1. The summed E-state index contributed by atoms with van der Waals surface area (Å²) in [6.07, 6.45) is 9.46. The third-order valence-electron chi connectivity index (χ3n) is 8.99. The first-order valence-electron chi connectivity index (χ1n) is 11.9. The van der Waals surface area contributed by atoms with Crippen LogP contribution in [0.5, 0.6) is 0 Å². The van der Waals surface area contributed by atoms with Crippen LogP contribution in [0.1, 0.15) is 68.9 Å². The van der Waals surface area contributed by atoms with Crippen molar-refractivity contribution in [1.82, 2.24) is 0 Å². The van der Waals surface area contributed by atoms with Gasteiger partial charge in [0.05, 0.1) is 18.4 Å². The Morgan fingerprint density at radius 3 is 2.69 bits per heavy atom. The summed E-state index contributed by atoms with van der Waals surface area (Å²) in [4.78, 5) is 12.1. The third-order valence-corrected chi connectivity index (χ3v) is 8.99. The van der Waals surface area contributed by atoms with Crippen molar-refractivity contribution in [3.05, 3.63) is 58.2 Å².